The van der Waals surface area contributed by atoms with E-state index < -0.39 is 30.5 Å². The van der Waals surface area contributed by atoms with Crippen molar-refractivity contribution >= 4 is 17.8 Å². The Labute approximate surface area is 159 Å². The number of piperazine rings is 1. The molecule has 4 unspecified atom stereocenters. The molecule has 0 N–H and O–H groups in total. The number of hydrogen-bond acceptors (Lipinski definition) is 7. The molecule has 4 atom stereocenters. The van der Waals surface area contributed by atoms with E-state index in [0.717, 1.165) is 13.1 Å². The van der Waals surface area contributed by atoms with Crippen LogP contribution in [0.15, 0.2) is 0 Å². The molecule has 0 aromatic heterocycles. The molecule has 152 valence electrons. The number of carbonyl (C=O) groups excluding carboxylic acids is 3. The number of esters is 1. The first kappa shape index (κ1) is 20.0. The Morgan fingerprint density at radius 2 is 1.85 bits per heavy atom. The average molecular weight is 383 g/mol. The molecule has 3 heterocycles. The van der Waals surface area contributed by atoms with E-state index in [2.05, 4.69) is 4.90 Å². The molecule has 2 amide bonds. The van der Waals surface area contributed by atoms with Gasteiger partial charge in [-0.2, -0.15) is 0 Å². The van der Waals surface area contributed by atoms with E-state index in [-0.39, 0.29) is 24.3 Å². The van der Waals surface area contributed by atoms with Crippen molar-refractivity contribution in [2.24, 2.45) is 5.92 Å². The van der Waals surface area contributed by atoms with E-state index >= 15 is 0 Å². The molecule has 3 saturated heterocycles. The van der Waals surface area contributed by atoms with E-state index in [4.69, 9.17) is 14.2 Å². The number of amides is 2. The van der Waals surface area contributed by atoms with Crippen molar-refractivity contribution in [2.45, 2.75) is 44.8 Å². The van der Waals surface area contributed by atoms with Crippen LogP contribution in [0.25, 0.3) is 0 Å². The summed E-state index contributed by atoms with van der Waals surface area (Å²) in [4.78, 5) is 43.5. The lowest BCUT2D eigenvalue weighted by atomic mass is 10.0. The fourth-order valence-electron chi connectivity index (χ4n) is 3.80. The van der Waals surface area contributed by atoms with Gasteiger partial charge in [0.05, 0.1) is 13.7 Å². The van der Waals surface area contributed by atoms with Gasteiger partial charge in [-0.3, -0.25) is 9.59 Å². The quantitative estimate of drug-likeness (QED) is 0.580. The highest BCUT2D eigenvalue weighted by Gasteiger charge is 2.54. The Hall–Kier alpha value is -1.71. The summed E-state index contributed by atoms with van der Waals surface area (Å²) in [6, 6.07) is -0.697. The van der Waals surface area contributed by atoms with Crippen LogP contribution in [-0.2, 0) is 28.6 Å². The van der Waals surface area contributed by atoms with Crippen molar-refractivity contribution in [2.75, 3.05) is 46.9 Å². The van der Waals surface area contributed by atoms with Crippen LogP contribution in [0.2, 0.25) is 0 Å². The number of methoxy groups -OCH3 is 1. The van der Waals surface area contributed by atoms with Gasteiger partial charge in [0.25, 0.3) is 11.8 Å². The minimum atomic E-state index is -1.00. The van der Waals surface area contributed by atoms with Gasteiger partial charge >= 0.3 is 5.97 Å². The molecule has 0 saturated carbocycles. The number of ether oxygens (including phenoxy) is 3. The summed E-state index contributed by atoms with van der Waals surface area (Å²) in [6.07, 6.45) is -2.17. The maximum atomic E-state index is 13.0. The Balaban J connectivity index is 1.73. The van der Waals surface area contributed by atoms with Gasteiger partial charge in [-0.25, -0.2) is 4.79 Å². The van der Waals surface area contributed by atoms with Crippen LogP contribution in [-0.4, -0.2) is 104 Å². The third kappa shape index (κ3) is 4.09. The summed E-state index contributed by atoms with van der Waals surface area (Å²) in [5.74, 6) is -0.858. The third-order valence-electron chi connectivity index (χ3n) is 5.35. The molecule has 0 aliphatic carbocycles. The highest BCUT2D eigenvalue weighted by molar-refractivity contribution is 5.94. The molecule has 0 radical (unpaired) electrons. The molecular weight excluding hydrogens is 354 g/mol. The van der Waals surface area contributed by atoms with Crippen LogP contribution in [0, 0.1) is 5.92 Å². The molecular formula is C18H29N3O6. The minimum absolute atomic E-state index is 0.119. The van der Waals surface area contributed by atoms with Gasteiger partial charge < -0.3 is 28.9 Å². The number of morpholine rings is 1. The monoisotopic (exact) mass is 383 g/mol. The fourth-order valence-corrected chi connectivity index (χ4v) is 3.80. The first-order valence-electron chi connectivity index (χ1n) is 9.48. The second-order valence-electron chi connectivity index (χ2n) is 7.83. The van der Waals surface area contributed by atoms with E-state index in [1.54, 1.807) is 4.90 Å². The van der Waals surface area contributed by atoms with Gasteiger partial charge in [0.1, 0.15) is 6.04 Å². The summed E-state index contributed by atoms with van der Waals surface area (Å²) in [5.41, 5.74) is 0. The first-order valence-corrected chi connectivity index (χ1v) is 9.48. The van der Waals surface area contributed by atoms with Crippen LogP contribution in [0.5, 0.6) is 0 Å². The van der Waals surface area contributed by atoms with Gasteiger partial charge in [0, 0.05) is 26.2 Å². The highest BCUT2D eigenvalue weighted by Crippen LogP contribution is 2.31. The Kier molecular flexibility index (Phi) is 6.02. The number of nitrogens with zero attached hydrogens (tertiary/aromatic N) is 3. The highest BCUT2D eigenvalue weighted by atomic mass is 16.7. The molecule has 9 nitrogen and oxygen atoms in total. The number of rotatable bonds is 5. The SMILES string of the molecule is COC(=O)C(CC(C)C)N1CC2OC(C(=O)N3CCN(C)CC3)C(O2)C1=O. The molecule has 0 aromatic carbocycles. The van der Waals surface area contributed by atoms with Gasteiger partial charge in [0.2, 0.25) is 0 Å². The molecule has 9 heteroatoms. The lowest BCUT2D eigenvalue weighted by molar-refractivity contribution is -0.174. The first-order chi connectivity index (χ1) is 12.8. The van der Waals surface area contributed by atoms with Crippen molar-refractivity contribution in [3.05, 3.63) is 0 Å². The van der Waals surface area contributed by atoms with Crippen LogP contribution in [0.4, 0.5) is 0 Å². The molecule has 2 bridgehead atoms. The van der Waals surface area contributed by atoms with Gasteiger partial charge in [-0.15, -0.1) is 0 Å². The smallest absolute Gasteiger partial charge is 0.328 e. The lowest BCUT2D eigenvalue weighted by Gasteiger charge is -2.36. The second-order valence-corrected chi connectivity index (χ2v) is 7.83. The number of carbonyl (C=O) groups is 3. The van der Waals surface area contributed by atoms with Crippen LogP contribution in [0.3, 0.4) is 0 Å². The molecule has 3 fully saturated rings. The predicted octanol–water partition coefficient (Wildman–Crippen LogP) is -0.700. The molecule has 27 heavy (non-hydrogen) atoms. The number of fused-ring (bicyclic) bond motifs is 2. The summed E-state index contributed by atoms with van der Waals surface area (Å²) < 4.78 is 16.3. The van der Waals surface area contributed by atoms with E-state index in [9.17, 15) is 14.4 Å². The van der Waals surface area contributed by atoms with Crippen molar-refractivity contribution < 1.29 is 28.6 Å². The zero-order valence-corrected chi connectivity index (χ0v) is 16.4. The van der Waals surface area contributed by atoms with E-state index in [1.807, 2.05) is 20.9 Å². The van der Waals surface area contributed by atoms with Crippen molar-refractivity contribution in [1.82, 2.24) is 14.7 Å². The zero-order valence-electron chi connectivity index (χ0n) is 16.4. The van der Waals surface area contributed by atoms with Crippen molar-refractivity contribution in [1.29, 1.82) is 0 Å². The fraction of sp³-hybridized carbons (Fsp3) is 0.833. The molecule has 3 rings (SSSR count). The molecule has 3 aliphatic heterocycles. The number of hydrogen-bond donors (Lipinski definition) is 0. The van der Waals surface area contributed by atoms with E-state index in [0.29, 0.717) is 19.5 Å². The standard InChI is InChI=1S/C18H29N3O6/c1-11(2)9-12(18(24)25-4)21-10-13-26-14(15(27-13)17(21)23)16(22)20-7-5-19(3)6-8-20/h11-15H,5-10H2,1-4H3. The molecule has 0 aromatic rings. The average Bonchev–Trinajstić information content (AvgIpc) is 3.01. The summed E-state index contributed by atoms with van der Waals surface area (Å²) in [7, 11) is 3.32. The van der Waals surface area contributed by atoms with Crippen LogP contribution in [0.1, 0.15) is 20.3 Å². The maximum Gasteiger partial charge on any atom is 0.328 e. The Morgan fingerprint density at radius 1 is 1.19 bits per heavy atom. The van der Waals surface area contributed by atoms with Crippen molar-refractivity contribution in [3.8, 4) is 0 Å². The van der Waals surface area contributed by atoms with Gasteiger partial charge in [-0.05, 0) is 19.4 Å². The Bertz CT molecular complexity index is 590. The lowest BCUT2D eigenvalue weighted by Crippen LogP contribution is -2.58. The minimum Gasteiger partial charge on any atom is -0.467 e. The molecule has 3 aliphatic rings. The van der Waals surface area contributed by atoms with Crippen LogP contribution >= 0.6 is 0 Å². The van der Waals surface area contributed by atoms with Gasteiger partial charge in [0.15, 0.2) is 18.5 Å². The summed E-state index contributed by atoms with van der Waals surface area (Å²) in [5, 5.41) is 0. The third-order valence-corrected chi connectivity index (χ3v) is 5.35. The molecule has 0 spiro atoms. The van der Waals surface area contributed by atoms with Gasteiger partial charge in [-0.1, -0.05) is 13.8 Å². The largest absolute Gasteiger partial charge is 0.467 e. The Morgan fingerprint density at radius 3 is 2.44 bits per heavy atom. The topological polar surface area (TPSA) is 88.6 Å². The van der Waals surface area contributed by atoms with E-state index in [1.165, 1.54) is 12.0 Å². The number of likely N-dealkylation sites (N-methyl/N-ethyl adjacent to an activating group) is 1. The van der Waals surface area contributed by atoms with Crippen LogP contribution < -0.4 is 0 Å². The normalized spacial score (nSPS) is 30.0. The second kappa shape index (κ2) is 8.12. The van der Waals surface area contributed by atoms with Crippen molar-refractivity contribution in [3.63, 3.8) is 0 Å². The zero-order chi connectivity index (χ0) is 19.7. The maximum absolute atomic E-state index is 13.0. The predicted molar refractivity (Wildman–Crippen MR) is 94.6 cm³/mol. The summed E-state index contributed by atoms with van der Waals surface area (Å²) >= 11 is 0. The summed E-state index contributed by atoms with van der Waals surface area (Å²) in [6.45, 7) is 6.84.